The van der Waals surface area contributed by atoms with Gasteiger partial charge in [0, 0.05) is 31.3 Å². The second-order valence-corrected chi connectivity index (χ2v) is 4.62. The van der Waals surface area contributed by atoms with Crippen LogP contribution >= 0.6 is 11.6 Å². The second-order valence-electron chi connectivity index (χ2n) is 4.36. The van der Waals surface area contributed by atoms with Crippen molar-refractivity contribution in [2.45, 2.75) is 32.7 Å². The van der Waals surface area contributed by atoms with E-state index in [4.69, 9.17) is 16.3 Å². The fraction of sp³-hybridized carbons (Fsp3) is 0.571. The zero-order valence-electron chi connectivity index (χ0n) is 11.2. The van der Waals surface area contributed by atoms with Crippen LogP contribution < -0.4 is 4.90 Å². The number of methoxy groups -OCH3 is 1. The highest BCUT2D eigenvalue weighted by molar-refractivity contribution is 6.17. The Morgan fingerprint density at radius 2 is 2.12 bits per heavy atom. The third-order valence-electron chi connectivity index (χ3n) is 2.97. The molecule has 96 valence electrons. The van der Waals surface area contributed by atoms with Gasteiger partial charge in [0.15, 0.2) is 0 Å². The zero-order valence-corrected chi connectivity index (χ0v) is 11.9. The van der Waals surface area contributed by atoms with Gasteiger partial charge in [0.1, 0.15) is 0 Å². The summed E-state index contributed by atoms with van der Waals surface area (Å²) in [6.07, 6.45) is 0. The molecule has 0 bridgehead atoms. The van der Waals surface area contributed by atoms with Gasteiger partial charge in [-0.3, -0.25) is 0 Å². The van der Waals surface area contributed by atoms with Crippen molar-refractivity contribution < 1.29 is 4.74 Å². The van der Waals surface area contributed by atoms with Crippen molar-refractivity contribution in [3.05, 3.63) is 29.3 Å². The van der Waals surface area contributed by atoms with E-state index in [9.17, 15) is 0 Å². The molecule has 0 aliphatic heterocycles. The highest BCUT2D eigenvalue weighted by Gasteiger charge is 2.15. The first-order valence-electron chi connectivity index (χ1n) is 6.05. The van der Waals surface area contributed by atoms with Gasteiger partial charge in [0.2, 0.25) is 0 Å². The Hall–Kier alpha value is -0.730. The molecule has 17 heavy (non-hydrogen) atoms. The minimum Gasteiger partial charge on any atom is -0.383 e. The molecule has 0 heterocycles. The van der Waals surface area contributed by atoms with Gasteiger partial charge in [0.25, 0.3) is 0 Å². The molecule has 1 aromatic carbocycles. The number of aryl methyl sites for hydroxylation is 1. The predicted octanol–water partition coefficient (Wildman–Crippen LogP) is 3.60. The quantitative estimate of drug-likeness (QED) is 0.721. The van der Waals surface area contributed by atoms with Gasteiger partial charge in [-0.05, 0) is 32.4 Å². The lowest BCUT2D eigenvalue weighted by Crippen LogP contribution is -2.36. The number of ether oxygens (including phenoxy) is 1. The number of rotatable bonds is 6. The molecular weight excluding hydrogens is 234 g/mol. The minimum absolute atomic E-state index is 0.356. The van der Waals surface area contributed by atoms with Crippen molar-refractivity contribution in [2.75, 3.05) is 25.2 Å². The van der Waals surface area contributed by atoms with E-state index < -0.39 is 0 Å². The third-order valence-corrected chi connectivity index (χ3v) is 3.26. The monoisotopic (exact) mass is 255 g/mol. The standard InChI is InChI=1S/C14H22ClNO/c1-5-16(12(3)10-17-4)14-7-6-11(2)8-13(14)9-15/h6-8,12H,5,9-10H2,1-4H3. The maximum atomic E-state index is 6.03. The van der Waals surface area contributed by atoms with Crippen LogP contribution in [0.3, 0.4) is 0 Å². The summed E-state index contributed by atoms with van der Waals surface area (Å²) in [6, 6.07) is 6.80. The Morgan fingerprint density at radius 3 is 2.65 bits per heavy atom. The lowest BCUT2D eigenvalue weighted by molar-refractivity contribution is 0.182. The van der Waals surface area contributed by atoms with Gasteiger partial charge in [0.05, 0.1) is 6.61 Å². The molecule has 0 N–H and O–H groups in total. The van der Waals surface area contributed by atoms with E-state index in [1.54, 1.807) is 7.11 Å². The van der Waals surface area contributed by atoms with Crippen LogP contribution in [0, 0.1) is 6.92 Å². The smallest absolute Gasteiger partial charge is 0.0663 e. The fourth-order valence-corrected chi connectivity index (χ4v) is 2.37. The van der Waals surface area contributed by atoms with E-state index in [1.165, 1.54) is 16.8 Å². The molecule has 0 saturated carbocycles. The second kappa shape index (κ2) is 6.87. The van der Waals surface area contributed by atoms with Crippen LogP contribution in [-0.2, 0) is 10.6 Å². The summed E-state index contributed by atoms with van der Waals surface area (Å²) in [6.45, 7) is 8.10. The van der Waals surface area contributed by atoms with Crippen LogP contribution in [0.2, 0.25) is 0 Å². The molecule has 0 spiro atoms. The van der Waals surface area contributed by atoms with Crippen molar-refractivity contribution in [2.24, 2.45) is 0 Å². The number of halogens is 1. The summed E-state index contributed by atoms with van der Waals surface area (Å²) in [5.74, 6) is 0.549. The number of alkyl halides is 1. The van der Waals surface area contributed by atoms with E-state index in [1.807, 2.05) is 0 Å². The fourth-order valence-electron chi connectivity index (χ4n) is 2.15. The van der Waals surface area contributed by atoms with E-state index in [0.717, 1.165) is 13.2 Å². The molecule has 0 aromatic heterocycles. The maximum Gasteiger partial charge on any atom is 0.0663 e. The number of nitrogens with zero attached hydrogens (tertiary/aromatic N) is 1. The third kappa shape index (κ3) is 3.62. The highest BCUT2D eigenvalue weighted by atomic mass is 35.5. The van der Waals surface area contributed by atoms with Crippen molar-refractivity contribution in [3.8, 4) is 0 Å². The van der Waals surface area contributed by atoms with Crippen LogP contribution in [0.4, 0.5) is 5.69 Å². The van der Waals surface area contributed by atoms with Crippen molar-refractivity contribution in [1.82, 2.24) is 0 Å². The SMILES string of the molecule is CCN(c1ccc(C)cc1CCl)C(C)COC. The molecule has 1 unspecified atom stereocenters. The summed E-state index contributed by atoms with van der Waals surface area (Å²) in [7, 11) is 1.74. The van der Waals surface area contributed by atoms with Gasteiger partial charge in [-0.1, -0.05) is 17.7 Å². The Labute approximate surface area is 110 Å². The molecule has 1 atom stereocenters. The molecule has 0 aliphatic carbocycles. The Bertz CT molecular complexity index is 354. The molecule has 0 amide bonds. The first kappa shape index (κ1) is 14.3. The first-order valence-corrected chi connectivity index (χ1v) is 6.58. The van der Waals surface area contributed by atoms with Gasteiger partial charge < -0.3 is 9.64 Å². The first-order chi connectivity index (χ1) is 8.13. The summed E-state index contributed by atoms with van der Waals surface area (Å²) >= 11 is 6.03. The van der Waals surface area contributed by atoms with Gasteiger partial charge in [-0.2, -0.15) is 0 Å². The average molecular weight is 256 g/mol. The number of benzene rings is 1. The number of hydrogen-bond donors (Lipinski definition) is 0. The molecule has 3 heteroatoms. The Balaban J connectivity index is 3.02. The van der Waals surface area contributed by atoms with Crippen LogP contribution in [0.5, 0.6) is 0 Å². The van der Waals surface area contributed by atoms with Gasteiger partial charge >= 0.3 is 0 Å². The van der Waals surface area contributed by atoms with Gasteiger partial charge in [-0.15, -0.1) is 11.6 Å². The lowest BCUT2D eigenvalue weighted by atomic mass is 10.1. The van der Waals surface area contributed by atoms with Crippen molar-refractivity contribution >= 4 is 17.3 Å². The summed E-state index contributed by atoms with van der Waals surface area (Å²) in [5, 5.41) is 0. The molecule has 0 fully saturated rings. The number of anilines is 1. The molecule has 1 rings (SSSR count). The number of hydrogen-bond acceptors (Lipinski definition) is 2. The van der Waals surface area contributed by atoms with E-state index in [0.29, 0.717) is 11.9 Å². The van der Waals surface area contributed by atoms with Crippen LogP contribution in [0.25, 0.3) is 0 Å². The van der Waals surface area contributed by atoms with Crippen LogP contribution in [0.15, 0.2) is 18.2 Å². The topological polar surface area (TPSA) is 12.5 Å². The van der Waals surface area contributed by atoms with E-state index in [2.05, 4.69) is 43.9 Å². The molecule has 2 nitrogen and oxygen atoms in total. The summed E-state index contributed by atoms with van der Waals surface area (Å²) in [4.78, 5) is 2.33. The summed E-state index contributed by atoms with van der Waals surface area (Å²) < 4.78 is 5.23. The maximum absolute atomic E-state index is 6.03. The molecule has 1 aromatic rings. The van der Waals surface area contributed by atoms with Gasteiger partial charge in [-0.25, -0.2) is 0 Å². The van der Waals surface area contributed by atoms with Crippen molar-refractivity contribution in [3.63, 3.8) is 0 Å². The average Bonchev–Trinajstić information content (AvgIpc) is 2.32. The van der Waals surface area contributed by atoms with Crippen LogP contribution in [-0.4, -0.2) is 26.3 Å². The molecule has 0 radical (unpaired) electrons. The van der Waals surface area contributed by atoms with Crippen LogP contribution in [0.1, 0.15) is 25.0 Å². The number of likely N-dealkylation sites (N-methyl/N-ethyl adjacent to an activating group) is 1. The lowest BCUT2D eigenvalue weighted by Gasteiger charge is -2.31. The van der Waals surface area contributed by atoms with E-state index >= 15 is 0 Å². The summed E-state index contributed by atoms with van der Waals surface area (Å²) in [5.41, 5.74) is 3.66. The van der Waals surface area contributed by atoms with E-state index in [-0.39, 0.29) is 0 Å². The highest BCUT2D eigenvalue weighted by Crippen LogP contribution is 2.25. The largest absolute Gasteiger partial charge is 0.383 e. The normalized spacial score (nSPS) is 12.5. The van der Waals surface area contributed by atoms with Crippen molar-refractivity contribution in [1.29, 1.82) is 0 Å². The zero-order chi connectivity index (χ0) is 12.8. The molecule has 0 aliphatic rings. The molecular formula is C14H22ClNO. The Kier molecular flexibility index (Phi) is 5.79. The Morgan fingerprint density at radius 1 is 1.41 bits per heavy atom. The molecule has 0 saturated heterocycles. The predicted molar refractivity (Wildman–Crippen MR) is 75.1 cm³/mol. The minimum atomic E-state index is 0.356.